The van der Waals surface area contributed by atoms with Gasteiger partial charge in [0.05, 0.1) is 12.0 Å². The molecule has 1 amide bonds. The van der Waals surface area contributed by atoms with Gasteiger partial charge >= 0.3 is 5.97 Å². The minimum absolute atomic E-state index is 0.0421. The Hall–Kier alpha value is -1.88. The summed E-state index contributed by atoms with van der Waals surface area (Å²) in [5.74, 6) is -1.31. The second kappa shape index (κ2) is 6.52. The summed E-state index contributed by atoms with van der Waals surface area (Å²) in [5, 5.41) is 8.96. The Morgan fingerprint density at radius 3 is 2.65 bits per heavy atom. The molecule has 5 heteroatoms. The molecule has 0 aliphatic heterocycles. The third-order valence-corrected chi connectivity index (χ3v) is 3.28. The lowest BCUT2D eigenvalue weighted by molar-refractivity contribution is -0.145. The minimum Gasteiger partial charge on any atom is -0.480 e. The summed E-state index contributed by atoms with van der Waals surface area (Å²) >= 11 is 0. The highest BCUT2D eigenvalue weighted by Gasteiger charge is 2.46. The van der Waals surface area contributed by atoms with Crippen molar-refractivity contribution in [2.75, 3.05) is 13.2 Å². The van der Waals surface area contributed by atoms with Gasteiger partial charge in [-0.05, 0) is 18.9 Å². The van der Waals surface area contributed by atoms with Crippen LogP contribution in [0.1, 0.15) is 18.9 Å². The molecule has 2 rings (SSSR count). The molecule has 1 saturated carbocycles. The van der Waals surface area contributed by atoms with Crippen LogP contribution in [0.25, 0.3) is 0 Å². The van der Waals surface area contributed by atoms with Crippen LogP contribution in [0.2, 0.25) is 0 Å². The van der Waals surface area contributed by atoms with E-state index in [1.54, 1.807) is 0 Å². The molecule has 2 unspecified atom stereocenters. The summed E-state index contributed by atoms with van der Waals surface area (Å²) in [5.41, 5.74) is 0.927. The Morgan fingerprint density at radius 2 is 2.05 bits per heavy atom. The lowest BCUT2D eigenvalue weighted by Crippen LogP contribution is -2.37. The summed E-state index contributed by atoms with van der Waals surface area (Å²) in [4.78, 5) is 24.6. The summed E-state index contributed by atoms with van der Waals surface area (Å²) < 4.78 is 5.40. The van der Waals surface area contributed by atoms with Crippen molar-refractivity contribution in [2.45, 2.75) is 26.0 Å². The van der Waals surface area contributed by atoms with E-state index in [1.165, 1.54) is 4.90 Å². The third-order valence-electron chi connectivity index (χ3n) is 3.28. The molecule has 0 aromatic heterocycles. The van der Waals surface area contributed by atoms with E-state index in [2.05, 4.69) is 0 Å². The average Bonchev–Trinajstić information content (AvgIpc) is 3.18. The van der Waals surface area contributed by atoms with Crippen molar-refractivity contribution in [2.24, 2.45) is 5.92 Å². The Labute approximate surface area is 118 Å². The number of hydrogen-bond acceptors (Lipinski definition) is 3. The van der Waals surface area contributed by atoms with Gasteiger partial charge in [0, 0.05) is 13.2 Å². The molecule has 2 atom stereocenters. The van der Waals surface area contributed by atoms with Crippen molar-refractivity contribution >= 4 is 11.9 Å². The number of rotatable bonds is 7. The third kappa shape index (κ3) is 3.81. The molecule has 0 heterocycles. The van der Waals surface area contributed by atoms with Gasteiger partial charge in [0.25, 0.3) is 0 Å². The Kier molecular flexibility index (Phi) is 4.74. The van der Waals surface area contributed by atoms with Gasteiger partial charge in [0.1, 0.15) is 6.54 Å². The van der Waals surface area contributed by atoms with Gasteiger partial charge in [-0.1, -0.05) is 30.3 Å². The number of carboxylic acid groups (broad SMARTS) is 1. The fraction of sp³-hybridized carbons (Fsp3) is 0.467. The van der Waals surface area contributed by atoms with E-state index < -0.39 is 5.97 Å². The first-order chi connectivity index (χ1) is 9.61. The number of amides is 1. The van der Waals surface area contributed by atoms with Crippen LogP contribution < -0.4 is 0 Å². The van der Waals surface area contributed by atoms with Gasteiger partial charge in [-0.25, -0.2) is 0 Å². The van der Waals surface area contributed by atoms with E-state index in [0.29, 0.717) is 19.6 Å². The summed E-state index contributed by atoms with van der Waals surface area (Å²) in [7, 11) is 0. The predicted molar refractivity (Wildman–Crippen MR) is 73.0 cm³/mol. The first-order valence-corrected chi connectivity index (χ1v) is 6.78. The number of hydrogen-bond donors (Lipinski definition) is 1. The monoisotopic (exact) mass is 277 g/mol. The van der Waals surface area contributed by atoms with Crippen molar-refractivity contribution in [1.29, 1.82) is 0 Å². The lowest BCUT2D eigenvalue weighted by atomic mass is 10.2. The van der Waals surface area contributed by atoms with Gasteiger partial charge < -0.3 is 14.7 Å². The van der Waals surface area contributed by atoms with Crippen LogP contribution in [-0.4, -0.2) is 41.1 Å². The lowest BCUT2D eigenvalue weighted by Gasteiger charge is -2.21. The molecule has 0 radical (unpaired) electrons. The molecule has 0 bridgehead atoms. The van der Waals surface area contributed by atoms with Crippen LogP contribution >= 0.6 is 0 Å². The van der Waals surface area contributed by atoms with E-state index in [9.17, 15) is 9.59 Å². The number of carbonyl (C=O) groups excluding carboxylic acids is 1. The maximum absolute atomic E-state index is 12.3. The highest BCUT2D eigenvalue weighted by Crippen LogP contribution is 2.35. The topological polar surface area (TPSA) is 66.8 Å². The van der Waals surface area contributed by atoms with Crippen molar-refractivity contribution in [3.63, 3.8) is 0 Å². The van der Waals surface area contributed by atoms with Crippen molar-refractivity contribution in [3.05, 3.63) is 35.9 Å². The fourth-order valence-electron chi connectivity index (χ4n) is 2.24. The van der Waals surface area contributed by atoms with Gasteiger partial charge in [0.15, 0.2) is 0 Å². The maximum atomic E-state index is 12.3. The second-order valence-electron chi connectivity index (χ2n) is 4.91. The normalized spacial score (nSPS) is 20.4. The molecule has 20 heavy (non-hydrogen) atoms. The van der Waals surface area contributed by atoms with Crippen LogP contribution in [0.3, 0.4) is 0 Å². The highest BCUT2D eigenvalue weighted by atomic mass is 16.5. The molecule has 0 saturated heterocycles. The molecule has 108 valence electrons. The Balaban J connectivity index is 2.00. The van der Waals surface area contributed by atoms with E-state index in [1.807, 2.05) is 37.3 Å². The van der Waals surface area contributed by atoms with E-state index >= 15 is 0 Å². The van der Waals surface area contributed by atoms with Gasteiger partial charge in [-0.15, -0.1) is 0 Å². The van der Waals surface area contributed by atoms with Crippen LogP contribution in [0.5, 0.6) is 0 Å². The maximum Gasteiger partial charge on any atom is 0.323 e. The molecule has 1 aromatic carbocycles. The molecule has 1 aliphatic carbocycles. The Morgan fingerprint density at radius 1 is 1.35 bits per heavy atom. The molecular formula is C15H19NO4. The smallest absolute Gasteiger partial charge is 0.323 e. The zero-order valence-corrected chi connectivity index (χ0v) is 11.5. The standard InChI is InChI=1S/C15H19NO4/c1-2-20-13-8-12(13)15(19)16(10-14(17)18)9-11-6-4-3-5-7-11/h3-7,12-13H,2,8-10H2,1H3,(H,17,18). The van der Waals surface area contributed by atoms with Gasteiger partial charge in [-0.3, -0.25) is 9.59 Å². The predicted octanol–water partition coefficient (Wildman–Crippen LogP) is 1.52. The largest absolute Gasteiger partial charge is 0.480 e. The number of carboxylic acids is 1. The molecule has 1 fully saturated rings. The number of ether oxygens (including phenoxy) is 1. The van der Waals surface area contributed by atoms with Crippen LogP contribution in [0, 0.1) is 5.92 Å². The number of nitrogens with zero attached hydrogens (tertiary/aromatic N) is 1. The quantitative estimate of drug-likeness (QED) is 0.820. The van der Waals surface area contributed by atoms with Crippen molar-refractivity contribution in [1.82, 2.24) is 4.90 Å². The molecule has 1 aromatic rings. The van der Waals surface area contributed by atoms with E-state index in [4.69, 9.17) is 9.84 Å². The number of carbonyl (C=O) groups is 2. The number of aliphatic carboxylic acids is 1. The van der Waals surface area contributed by atoms with Gasteiger partial charge in [0.2, 0.25) is 5.91 Å². The zero-order valence-electron chi connectivity index (χ0n) is 11.5. The fourth-order valence-corrected chi connectivity index (χ4v) is 2.24. The second-order valence-corrected chi connectivity index (χ2v) is 4.91. The first-order valence-electron chi connectivity index (χ1n) is 6.78. The molecule has 1 aliphatic rings. The van der Waals surface area contributed by atoms with E-state index in [0.717, 1.165) is 5.56 Å². The highest BCUT2D eigenvalue weighted by molar-refractivity contribution is 5.85. The first kappa shape index (κ1) is 14.5. The van der Waals surface area contributed by atoms with Gasteiger partial charge in [-0.2, -0.15) is 0 Å². The molecular weight excluding hydrogens is 258 g/mol. The summed E-state index contributed by atoms with van der Waals surface area (Å²) in [6, 6.07) is 9.40. The summed E-state index contributed by atoms with van der Waals surface area (Å²) in [6.07, 6.45) is 0.650. The Bertz CT molecular complexity index is 474. The van der Waals surface area contributed by atoms with E-state index in [-0.39, 0.29) is 24.5 Å². The van der Waals surface area contributed by atoms with Crippen molar-refractivity contribution in [3.8, 4) is 0 Å². The van der Waals surface area contributed by atoms with Crippen LogP contribution in [0.4, 0.5) is 0 Å². The van der Waals surface area contributed by atoms with Crippen LogP contribution in [-0.2, 0) is 20.9 Å². The SMILES string of the molecule is CCOC1CC1C(=O)N(CC(=O)O)Cc1ccccc1. The molecule has 5 nitrogen and oxygen atoms in total. The average molecular weight is 277 g/mol. The molecule has 0 spiro atoms. The minimum atomic E-state index is -0.997. The number of benzene rings is 1. The molecule has 1 N–H and O–H groups in total. The van der Waals surface area contributed by atoms with Crippen molar-refractivity contribution < 1.29 is 19.4 Å². The zero-order chi connectivity index (χ0) is 14.5. The summed E-state index contributed by atoms with van der Waals surface area (Å²) in [6.45, 7) is 2.51. The van der Waals surface area contributed by atoms with Crippen LogP contribution in [0.15, 0.2) is 30.3 Å².